The average Bonchev–Trinajstić information content (AvgIpc) is 2.77. The van der Waals surface area contributed by atoms with Crippen LogP contribution in [0.4, 0.5) is 13.2 Å². The van der Waals surface area contributed by atoms with E-state index in [-0.39, 0.29) is 21.2 Å². The number of alkyl halides is 3. The second kappa shape index (κ2) is 14.8. The van der Waals surface area contributed by atoms with Crippen molar-refractivity contribution in [3.05, 3.63) is 63.7 Å². The Morgan fingerprint density at radius 1 is 1.00 bits per heavy atom. The largest absolute Gasteiger partial charge is 0.741 e. The van der Waals surface area contributed by atoms with E-state index in [1.54, 1.807) is 12.1 Å². The standard InChI is InChI=1S/C22H27INO2S.CHF3O3S/c1-3-8-20(16-17-23-21-10-5-4-6-11-21)9-7-18-24-27(25,26)22-14-12-19(2)13-15-22;2-1(3,4)8(5,6)7/h4-6,10-15,20,24H,3,7-9,18H2,1-2H3;(H,5,6,7)/q+1;/p-1. The summed E-state index contributed by atoms with van der Waals surface area (Å²) < 4.78 is 91.0. The highest BCUT2D eigenvalue weighted by atomic mass is 127. The Bertz CT molecular complexity index is 1180. The molecule has 0 saturated carbocycles. The summed E-state index contributed by atoms with van der Waals surface area (Å²) in [6, 6.07) is 17.3. The van der Waals surface area contributed by atoms with Crippen LogP contribution in [0.25, 0.3) is 0 Å². The molecule has 0 saturated heterocycles. The van der Waals surface area contributed by atoms with Crippen LogP contribution in [0.15, 0.2) is 59.5 Å². The molecule has 0 amide bonds. The van der Waals surface area contributed by atoms with Crippen LogP contribution in [0.3, 0.4) is 0 Å². The molecule has 0 aliphatic rings. The van der Waals surface area contributed by atoms with Crippen LogP contribution in [-0.2, 0) is 20.1 Å². The van der Waals surface area contributed by atoms with Gasteiger partial charge in [-0.25, -0.2) is 21.6 Å². The summed E-state index contributed by atoms with van der Waals surface area (Å²) in [6.45, 7) is 4.56. The highest BCUT2D eigenvalue weighted by Gasteiger charge is 2.36. The zero-order valence-electron chi connectivity index (χ0n) is 19.2. The van der Waals surface area contributed by atoms with Crippen molar-refractivity contribution in [3.8, 4) is 9.85 Å². The molecule has 194 valence electrons. The maximum Gasteiger partial charge on any atom is 0.485 e. The first kappa shape index (κ1) is 31.4. The molecular formula is C23H27F3INO5S2. The molecule has 0 bridgehead atoms. The molecule has 1 N–H and O–H groups in total. The quantitative estimate of drug-likeness (QED) is 0.146. The van der Waals surface area contributed by atoms with Gasteiger partial charge in [0.05, 0.1) is 4.90 Å². The number of hydrogen-bond donors (Lipinski definition) is 1. The van der Waals surface area contributed by atoms with Gasteiger partial charge >= 0.3 is 26.7 Å². The van der Waals surface area contributed by atoms with Crippen LogP contribution in [0.1, 0.15) is 38.2 Å². The molecule has 0 aliphatic heterocycles. The Labute approximate surface area is 215 Å². The van der Waals surface area contributed by atoms with E-state index in [1.807, 2.05) is 25.1 Å². The molecule has 35 heavy (non-hydrogen) atoms. The van der Waals surface area contributed by atoms with E-state index in [0.717, 1.165) is 31.2 Å². The van der Waals surface area contributed by atoms with Gasteiger partial charge in [0, 0.05) is 12.5 Å². The fourth-order valence-electron chi connectivity index (χ4n) is 2.63. The van der Waals surface area contributed by atoms with E-state index in [2.05, 4.69) is 45.8 Å². The number of sulfonamides is 1. The van der Waals surface area contributed by atoms with Gasteiger partial charge in [-0.15, -0.1) is 0 Å². The Morgan fingerprint density at radius 3 is 2.09 bits per heavy atom. The van der Waals surface area contributed by atoms with Crippen LogP contribution < -0.4 is 25.9 Å². The average molecular weight is 646 g/mol. The molecule has 0 aromatic heterocycles. The molecule has 2 aromatic carbocycles. The second-order valence-corrected chi connectivity index (χ2v) is 12.8. The highest BCUT2D eigenvalue weighted by molar-refractivity contribution is 7.89. The number of nitrogens with one attached hydrogen (secondary N) is 1. The van der Waals surface area contributed by atoms with Crippen molar-refractivity contribution < 1.29 is 55.8 Å². The summed E-state index contributed by atoms with van der Waals surface area (Å²) >= 11 is -0.263. The molecule has 0 heterocycles. The molecule has 2 rings (SSSR count). The Kier molecular flexibility index (Phi) is 13.3. The number of aryl methyl sites for hydroxylation is 1. The Balaban J connectivity index is 0.000000658. The van der Waals surface area contributed by atoms with E-state index >= 15 is 0 Å². The van der Waals surface area contributed by atoms with Crippen LogP contribution in [0.5, 0.6) is 0 Å². The van der Waals surface area contributed by atoms with E-state index in [4.69, 9.17) is 13.0 Å². The van der Waals surface area contributed by atoms with Crippen molar-refractivity contribution in [1.29, 1.82) is 0 Å². The lowest BCUT2D eigenvalue weighted by molar-refractivity contribution is -0.535. The van der Waals surface area contributed by atoms with Crippen LogP contribution >= 0.6 is 0 Å². The van der Waals surface area contributed by atoms with E-state index < -0.39 is 25.6 Å². The molecule has 0 radical (unpaired) electrons. The molecule has 1 atom stereocenters. The fourth-order valence-corrected chi connectivity index (χ4v) is 5.39. The monoisotopic (exact) mass is 645 g/mol. The van der Waals surface area contributed by atoms with Crippen molar-refractivity contribution in [1.82, 2.24) is 4.72 Å². The topological polar surface area (TPSA) is 103 Å². The number of halogens is 4. The second-order valence-electron chi connectivity index (χ2n) is 7.37. The lowest BCUT2D eigenvalue weighted by Crippen LogP contribution is -3.59. The van der Waals surface area contributed by atoms with Crippen molar-refractivity contribution >= 4 is 20.1 Å². The first-order valence-electron chi connectivity index (χ1n) is 10.5. The molecule has 6 nitrogen and oxygen atoms in total. The Hall–Kier alpha value is -1.66. The zero-order valence-corrected chi connectivity index (χ0v) is 23.0. The number of hydrogen-bond acceptors (Lipinski definition) is 5. The molecule has 2 aromatic rings. The summed E-state index contributed by atoms with van der Waals surface area (Å²) in [6.07, 6.45) is 3.89. The predicted octanol–water partition coefficient (Wildman–Crippen LogP) is 1.44. The Morgan fingerprint density at radius 2 is 1.57 bits per heavy atom. The molecular weight excluding hydrogens is 618 g/mol. The number of rotatable bonds is 9. The normalized spacial score (nSPS) is 12.6. The van der Waals surface area contributed by atoms with Crippen molar-refractivity contribution in [2.24, 2.45) is 5.92 Å². The molecule has 1 unspecified atom stereocenters. The van der Waals surface area contributed by atoms with Crippen molar-refractivity contribution in [3.63, 3.8) is 0 Å². The van der Waals surface area contributed by atoms with Crippen molar-refractivity contribution in [2.45, 2.75) is 49.9 Å². The van der Waals surface area contributed by atoms with Gasteiger partial charge in [0.1, 0.15) is 0 Å². The van der Waals surface area contributed by atoms with E-state index in [1.165, 1.54) is 3.57 Å². The van der Waals surface area contributed by atoms with E-state index in [9.17, 15) is 21.6 Å². The molecule has 12 heteroatoms. The summed E-state index contributed by atoms with van der Waals surface area (Å²) in [4.78, 5) is 0.325. The lowest BCUT2D eigenvalue weighted by atomic mass is 9.99. The van der Waals surface area contributed by atoms with Gasteiger partial charge in [-0.05, 0) is 56.4 Å². The van der Waals surface area contributed by atoms with Gasteiger partial charge in [0.25, 0.3) is 0 Å². The predicted molar refractivity (Wildman–Crippen MR) is 123 cm³/mol. The van der Waals surface area contributed by atoms with Gasteiger partial charge in [0.2, 0.25) is 13.6 Å². The van der Waals surface area contributed by atoms with Gasteiger partial charge in [-0.2, -0.15) is 13.2 Å². The third-order valence-electron chi connectivity index (χ3n) is 4.42. The van der Waals surface area contributed by atoms with Crippen LogP contribution in [0, 0.1) is 26.3 Å². The minimum atomic E-state index is -6.09. The zero-order chi connectivity index (χ0) is 26.5. The highest BCUT2D eigenvalue weighted by Crippen LogP contribution is 2.20. The summed E-state index contributed by atoms with van der Waals surface area (Å²) in [5, 5.41) is 0. The SMILES string of the molecule is CCCC(C#C[I+]c1ccccc1)CCCNS(=O)(=O)c1ccc(C)cc1.O=S(=O)([O-])C(F)(F)F. The van der Waals surface area contributed by atoms with Gasteiger partial charge in [-0.1, -0.05) is 49.2 Å². The number of benzene rings is 2. The van der Waals surface area contributed by atoms with Gasteiger partial charge in [-0.3, -0.25) is 0 Å². The third kappa shape index (κ3) is 12.7. The lowest BCUT2D eigenvalue weighted by Gasteiger charge is -2.10. The minimum absolute atomic E-state index is 0.263. The summed E-state index contributed by atoms with van der Waals surface area (Å²) in [7, 11) is -9.51. The van der Waals surface area contributed by atoms with Crippen molar-refractivity contribution in [2.75, 3.05) is 6.54 Å². The van der Waals surface area contributed by atoms with Crippen LogP contribution in [0.2, 0.25) is 0 Å². The summed E-state index contributed by atoms with van der Waals surface area (Å²) in [5.41, 5.74) is -4.60. The van der Waals surface area contributed by atoms with Crippen LogP contribution in [-0.4, -0.2) is 33.4 Å². The molecule has 0 fully saturated rings. The smallest absolute Gasteiger partial charge is 0.485 e. The fraction of sp³-hybridized carbons (Fsp3) is 0.391. The van der Waals surface area contributed by atoms with Gasteiger partial charge in [0.15, 0.2) is 14.0 Å². The third-order valence-corrected chi connectivity index (χ3v) is 8.39. The first-order chi connectivity index (χ1) is 16.3. The van der Waals surface area contributed by atoms with E-state index in [0.29, 0.717) is 17.4 Å². The molecule has 0 spiro atoms. The molecule has 0 aliphatic carbocycles. The maximum atomic E-state index is 12.3. The maximum absolute atomic E-state index is 12.3. The first-order valence-corrected chi connectivity index (χ1v) is 15.6. The minimum Gasteiger partial charge on any atom is -0.741 e. The van der Waals surface area contributed by atoms with Gasteiger partial charge < -0.3 is 4.55 Å². The summed E-state index contributed by atoms with van der Waals surface area (Å²) in [5.74, 6) is 3.78.